The lowest BCUT2D eigenvalue weighted by Gasteiger charge is -2.33. The highest BCUT2D eigenvalue weighted by atomic mass is 16.5. The fraction of sp³-hybridized carbons (Fsp3) is 0.588. The molecule has 1 amide bonds. The van der Waals surface area contributed by atoms with Crippen molar-refractivity contribution < 1.29 is 19.3 Å². The molecule has 1 atom stereocenters. The highest BCUT2D eigenvalue weighted by Gasteiger charge is 2.29. The van der Waals surface area contributed by atoms with Crippen LogP contribution >= 0.6 is 0 Å². The zero-order chi connectivity index (χ0) is 16.8. The molecule has 0 aliphatic carbocycles. The number of nitrogens with one attached hydrogen (secondary N) is 3. The van der Waals surface area contributed by atoms with Gasteiger partial charge in [0.05, 0.1) is 20.7 Å². The van der Waals surface area contributed by atoms with Crippen LogP contribution in [0.5, 0.6) is 0 Å². The van der Waals surface area contributed by atoms with Gasteiger partial charge in [-0.3, -0.25) is 0 Å². The van der Waals surface area contributed by atoms with Gasteiger partial charge in [0.15, 0.2) is 0 Å². The molecule has 2 rings (SSSR count). The normalized spacial score (nSPS) is 22.3. The molecule has 1 saturated heterocycles. The summed E-state index contributed by atoms with van der Waals surface area (Å²) >= 11 is 0. The molecule has 0 unspecified atom stereocenters. The minimum Gasteiger partial charge on any atom is -0.453 e. The maximum absolute atomic E-state index is 11.5. The predicted molar refractivity (Wildman–Crippen MR) is 91.2 cm³/mol. The van der Waals surface area contributed by atoms with Crippen LogP contribution in [0.1, 0.15) is 11.6 Å². The van der Waals surface area contributed by atoms with Crippen LogP contribution < -0.4 is 20.0 Å². The minimum absolute atomic E-state index is 0.262. The number of benzene rings is 1. The van der Waals surface area contributed by atoms with E-state index in [0.29, 0.717) is 6.54 Å². The first-order valence-electron chi connectivity index (χ1n) is 8.26. The van der Waals surface area contributed by atoms with Gasteiger partial charge in [0.2, 0.25) is 0 Å². The van der Waals surface area contributed by atoms with E-state index in [-0.39, 0.29) is 12.1 Å². The number of hydrogen-bond donors (Lipinski definition) is 3. The number of piperazine rings is 1. The van der Waals surface area contributed by atoms with Gasteiger partial charge in [0.1, 0.15) is 32.2 Å². The van der Waals surface area contributed by atoms with E-state index in [0.717, 1.165) is 13.1 Å². The third-order valence-electron chi connectivity index (χ3n) is 4.69. The fourth-order valence-corrected chi connectivity index (χ4v) is 3.11. The van der Waals surface area contributed by atoms with Gasteiger partial charge in [0, 0.05) is 25.3 Å². The van der Waals surface area contributed by atoms with Crippen molar-refractivity contribution in [3.8, 4) is 0 Å². The summed E-state index contributed by atoms with van der Waals surface area (Å²) < 4.78 is 4.72. The summed E-state index contributed by atoms with van der Waals surface area (Å²) in [6, 6.07) is 8.90. The third kappa shape index (κ3) is 4.84. The summed E-state index contributed by atoms with van der Waals surface area (Å²) in [5, 5.41) is 2.88. The van der Waals surface area contributed by atoms with Crippen molar-refractivity contribution in [2.75, 3.05) is 65.9 Å². The van der Waals surface area contributed by atoms with E-state index in [1.807, 2.05) is 14.1 Å². The van der Waals surface area contributed by atoms with Crippen LogP contribution in [0.3, 0.4) is 0 Å². The maximum Gasteiger partial charge on any atom is 0.407 e. The Hall–Kier alpha value is -1.79. The number of hydrogen-bond acceptors (Lipinski definition) is 3. The average molecular weight is 322 g/mol. The van der Waals surface area contributed by atoms with E-state index in [1.165, 1.54) is 36.4 Å². The second kappa shape index (κ2) is 8.17. The zero-order valence-electron chi connectivity index (χ0n) is 14.7. The fourth-order valence-electron chi connectivity index (χ4n) is 3.11. The molecule has 0 aromatic heterocycles. The SMILES string of the molecule is COC(=O)NC[C@@H](c1ccc(N(C)C)cc1)[NH+]1CC[NH+](C)CC1. The van der Waals surface area contributed by atoms with Gasteiger partial charge < -0.3 is 24.8 Å². The van der Waals surface area contributed by atoms with Gasteiger partial charge in [-0.1, -0.05) is 12.1 Å². The maximum atomic E-state index is 11.5. The number of quaternary nitrogens is 2. The quantitative estimate of drug-likeness (QED) is 0.623. The van der Waals surface area contributed by atoms with Crippen LogP contribution in [-0.2, 0) is 4.74 Å². The van der Waals surface area contributed by atoms with Crippen molar-refractivity contribution in [1.29, 1.82) is 0 Å². The molecule has 1 fully saturated rings. The van der Waals surface area contributed by atoms with Gasteiger partial charge in [0.25, 0.3) is 0 Å². The van der Waals surface area contributed by atoms with Crippen molar-refractivity contribution in [2.24, 2.45) is 0 Å². The smallest absolute Gasteiger partial charge is 0.407 e. The Morgan fingerprint density at radius 1 is 1.22 bits per heavy atom. The lowest BCUT2D eigenvalue weighted by molar-refractivity contribution is -1.02. The monoisotopic (exact) mass is 322 g/mol. The first kappa shape index (κ1) is 17.6. The number of alkyl carbamates (subject to hydrolysis) is 1. The Labute approximate surface area is 139 Å². The molecule has 1 aromatic carbocycles. The molecule has 1 heterocycles. The molecule has 23 heavy (non-hydrogen) atoms. The molecule has 0 bridgehead atoms. The van der Waals surface area contributed by atoms with Crippen molar-refractivity contribution in [3.05, 3.63) is 29.8 Å². The van der Waals surface area contributed by atoms with E-state index < -0.39 is 0 Å². The Kier molecular flexibility index (Phi) is 6.24. The Balaban J connectivity index is 2.12. The van der Waals surface area contributed by atoms with Crippen molar-refractivity contribution in [3.63, 3.8) is 0 Å². The molecule has 6 heteroatoms. The minimum atomic E-state index is -0.362. The number of nitrogens with zero attached hydrogens (tertiary/aromatic N) is 1. The van der Waals surface area contributed by atoms with Crippen LogP contribution in [0.15, 0.2) is 24.3 Å². The number of carbonyl (C=O) groups is 1. The average Bonchev–Trinajstić information content (AvgIpc) is 2.56. The highest BCUT2D eigenvalue weighted by molar-refractivity contribution is 5.66. The van der Waals surface area contributed by atoms with Gasteiger partial charge in [-0.05, 0) is 12.1 Å². The van der Waals surface area contributed by atoms with Crippen molar-refractivity contribution >= 4 is 11.8 Å². The van der Waals surface area contributed by atoms with Gasteiger partial charge in [-0.15, -0.1) is 0 Å². The van der Waals surface area contributed by atoms with Crippen LogP contribution in [0.25, 0.3) is 0 Å². The first-order chi connectivity index (χ1) is 11.0. The lowest BCUT2D eigenvalue weighted by Crippen LogP contribution is -3.27. The second-order valence-electron chi connectivity index (χ2n) is 6.53. The van der Waals surface area contributed by atoms with E-state index >= 15 is 0 Å². The topological polar surface area (TPSA) is 50.4 Å². The summed E-state index contributed by atoms with van der Waals surface area (Å²) in [6.07, 6.45) is -0.362. The second-order valence-corrected chi connectivity index (χ2v) is 6.53. The van der Waals surface area contributed by atoms with Crippen LogP contribution in [0, 0.1) is 0 Å². The number of likely N-dealkylation sites (N-methyl/N-ethyl adjacent to an activating group) is 1. The molecule has 1 aliphatic rings. The molecule has 1 aromatic rings. The molecule has 0 saturated carbocycles. The molecule has 0 spiro atoms. The summed E-state index contributed by atoms with van der Waals surface area (Å²) in [7, 11) is 7.73. The first-order valence-corrected chi connectivity index (χ1v) is 8.26. The molecule has 3 N–H and O–H groups in total. The van der Waals surface area contributed by atoms with Crippen LogP contribution in [0.2, 0.25) is 0 Å². The predicted octanol–water partition coefficient (Wildman–Crippen LogP) is -1.44. The van der Waals surface area contributed by atoms with Gasteiger partial charge in [-0.2, -0.15) is 0 Å². The number of methoxy groups -OCH3 is 1. The van der Waals surface area contributed by atoms with Gasteiger partial charge >= 0.3 is 6.09 Å². The van der Waals surface area contributed by atoms with E-state index in [1.54, 1.807) is 4.90 Å². The van der Waals surface area contributed by atoms with Crippen LogP contribution in [0.4, 0.5) is 10.5 Å². The van der Waals surface area contributed by atoms with E-state index in [4.69, 9.17) is 4.74 Å². The molecular weight excluding hydrogens is 292 g/mol. The number of anilines is 1. The van der Waals surface area contributed by atoms with Crippen molar-refractivity contribution in [2.45, 2.75) is 6.04 Å². The summed E-state index contributed by atoms with van der Waals surface area (Å²) in [5.74, 6) is 0. The summed E-state index contributed by atoms with van der Waals surface area (Å²) in [6.45, 7) is 5.17. The molecule has 128 valence electrons. The number of rotatable bonds is 5. The Bertz CT molecular complexity index is 496. The zero-order valence-corrected chi connectivity index (χ0v) is 14.7. The lowest BCUT2D eigenvalue weighted by atomic mass is 10.0. The summed E-state index contributed by atoms with van der Waals surface area (Å²) in [5.41, 5.74) is 2.45. The standard InChI is InChI=1S/C17H28N4O2/c1-19(2)15-7-5-14(6-8-15)16(13-18-17(22)23-4)21-11-9-20(3)10-12-21/h5-8,16H,9-13H2,1-4H3,(H,18,22)/p+2/t16-/m0/s1. The van der Waals surface area contributed by atoms with Crippen LogP contribution in [-0.4, -0.2) is 67.1 Å². The number of carbonyl (C=O) groups excluding carboxylic acids is 1. The van der Waals surface area contributed by atoms with E-state index in [9.17, 15) is 4.79 Å². The van der Waals surface area contributed by atoms with E-state index in [2.05, 4.69) is 41.5 Å². The molecule has 6 nitrogen and oxygen atoms in total. The molecule has 1 aliphatic heterocycles. The highest BCUT2D eigenvalue weighted by Crippen LogP contribution is 2.16. The number of amides is 1. The Morgan fingerprint density at radius 3 is 2.35 bits per heavy atom. The molecule has 0 radical (unpaired) electrons. The van der Waals surface area contributed by atoms with Crippen molar-refractivity contribution in [1.82, 2.24) is 5.32 Å². The Morgan fingerprint density at radius 2 is 1.83 bits per heavy atom. The molecular formula is C17H30N4O2+2. The van der Waals surface area contributed by atoms with Gasteiger partial charge in [-0.25, -0.2) is 4.79 Å². The number of ether oxygens (including phenoxy) is 1. The summed E-state index contributed by atoms with van der Waals surface area (Å²) in [4.78, 5) is 16.7. The third-order valence-corrected chi connectivity index (χ3v) is 4.69. The largest absolute Gasteiger partial charge is 0.453 e.